The summed E-state index contributed by atoms with van der Waals surface area (Å²) in [5.74, 6) is -0.308. The largest absolute Gasteiger partial charge is 0.353 e. The molecule has 2 rings (SSSR count). The van der Waals surface area contributed by atoms with Crippen molar-refractivity contribution in [3.8, 4) is 0 Å². The number of carbonyl (C=O) groups is 2. The van der Waals surface area contributed by atoms with E-state index in [4.69, 9.17) is 0 Å². The number of amides is 2. The Morgan fingerprint density at radius 1 is 1.00 bits per heavy atom. The fraction of sp³-hybridized carbons (Fsp3) is 0.500. The molecule has 0 radical (unpaired) electrons. The van der Waals surface area contributed by atoms with Crippen molar-refractivity contribution in [2.24, 2.45) is 5.41 Å². The standard InChI is InChI=1S/C16H22N2O2/c1-11(2)17-14(19)16(9-10-16)15(20)18-12(3)13-7-5-4-6-8-13/h4-8,11-12H,9-10H2,1-3H3,(H,17,19)(H,18,20). The second kappa shape index (κ2) is 5.65. The van der Waals surface area contributed by atoms with Gasteiger partial charge in [-0.3, -0.25) is 9.59 Å². The molecule has 1 aromatic rings. The summed E-state index contributed by atoms with van der Waals surface area (Å²) in [7, 11) is 0. The molecule has 2 N–H and O–H groups in total. The summed E-state index contributed by atoms with van der Waals surface area (Å²) in [4.78, 5) is 24.5. The smallest absolute Gasteiger partial charge is 0.236 e. The van der Waals surface area contributed by atoms with Gasteiger partial charge in [0.05, 0.1) is 6.04 Å². The van der Waals surface area contributed by atoms with E-state index >= 15 is 0 Å². The molecule has 0 heterocycles. The highest BCUT2D eigenvalue weighted by Gasteiger charge is 2.56. The molecule has 20 heavy (non-hydrogen) atoms. The number of rotatable bonds is 5. The molecular weight excluding hydrogens is 252 g/mol. The molecule has 0 saturated heterocycles. The number of carbonyl (C=O) groups excluding carboxylic acids is 2. The van der Waals surface area contributed by atoms with E-state index in [2.05, 4.69) is 10.6 Å². The second-order valence-electron chi connectivity index (χ2n) is 5.82. The van der Waals surface area contributed by atoms with Gasteiger partial charge in [-0.15, -0.1) is 0 Å². The Labute approximate surface area is 119 Å². The van der Waals surface area contributed by atoms with Crippen LogP contribution in [0, 0.1) is 5.41 Å². The van der Waals surface area contributed by atoms with E-state index < -0.39 is 5.41 Å². The zero-order valence-electron chi connectivity index (χ0n) is 12.3. The van der Waals surface area contributed by atoms with Crippen LogP contribution >= 0.6 is 0 Å². The molecule has 0 aromatic heterocycles. The van der Waals surface area contributed by atoms with Crippen LogP contribution < -0.4 is 10.6 Å². The summed E-state index contributed by atoms with van der Waals surface area (Å²) < 4.78 is 0. The quantitative estimate of drug-likeness (QED) is 0.808. The normalized spacial score (nSPS) is 17.4. The highest BCUT2D eigenvalue weighted by atomic mass is 16.2. The van der Waals surface area contributed by atoms with Crippen molar-refractivity contribution in [2.75, 3.05) is 0 Å². The first kappa shape index (κ1) is 14.6. The Morgan fingerprint density at radius 2 is 1.55 bits per heavy atom. The Kier molecular flexibility index (Phi) is 4.12. The molecule has 1 aliphatic rings. The first-order valence-corrected chi connectivity index (χ1v) is 7.12. The zero-order chi connectivity index (χ0) is 14.8. The topological polar surface area (TPSA) is 58.2 Å². The monoisotopic (exact) mass is 274 g/mol. The van der Waals surface area contributed by atoms with E-state index in [-0.39, 0.29) is 23.9 Å². The van der Waals surface area contributed by atoms with E-state index in [9.17, 15) is 9.59 Å². The van der Waals surface area contributed by atoms with Gasteiger partial charge in [0.15, 0.2) is 0 Å². The molecule has 4 heteroatoms. The first-order valence-electron chi connectivity index (χ1n) is 7.12. The Bertz CT molecular complexity index is 492. The summed E-state index contributed by atoms with van der Waals surface area (Å²) in [6.07, 6.45) is 1.28. The molecule has 1 saturated carbocycles. The van der Waals surface area contributed by atoms with Crippen LogP contribution in [0.25, 0.3) is 0 Å². The van der Waals surface area contributed by atoms with E-state index in [0.29, 0.717) is 12.8 Å². The lowest BCUT2D eigenvalue weighted by Crippen LogP contribution is -2.45. The minimum absolute atomic E-state index is 0.0549. The average molecular weight is 274 g/mol. The summed E-state index contributed by atoms with van der Waals surface area (Å²) in [5.41, 5.74) is 0.203. The van der Waals surface area contributed by atoms with E-state index in [0.717, 1.165) is 5.56 Å². The van der Waals surface area contributed by atoms with Gasteiger partial charge >= 0.3 is 0 Å². The SMILES string of the molecule is CC(C)NC(=O)C1(C(=O)NC(C)c2ccccc2)CC1. The van der Waals surface area contributed by atoms with Crippen molar-refractivity contribution in [3.63, 3.8) is 0 Å². The lowest BCUT2D eigenvalue weighted by molar-refractivity contribution is -0.137. The van der Waals surface area contributed by atoms with Gasteiger partial charge in [-0.05, 0) is 39.2 Å². The van der Waals surface area contributed by atoms with E-state index in [1.807, 2.05) is 51.1 Å². The van der Waals surface area contributed by atoms with Crippen LogP contribution in [0.4, 0.5) is 0 Å². The van der Waals surface area contributed by atoms with Gasteiger partial charge in [0, 0.05) is 6.04 Å². The van der Waals surface area contributed by atoms with Crippen LogP contribution in [0.1, 0.15) is 45.2 Å². The van der Waals surface area contributed by atoms with Crippen molar-refractivity contribution in [1.82, 2.24) is 10.6 Å². The maximum Gasteiger partial charge on any atom is 0.236 e. The maximum atomic E-state index is 12.4. The van der Waals surface area contributed by atoms with Crippen LogP contribution in [-0.2, 0) is 9.59 Å². The molecule has 1 atom stereocenters. The Hall–Kier alpha value is -1.84. The molecule has 1 unspecified atom stereocenters. The Morgan fingerprint density at radius 3 is 2.05 bits per heavy atom. The zero-order valence-corrected chi connectivity index (χ0v) is 12.3. The van der Waals surface area contributed by atoms with Gasteiger partial charge < -0.3 is 10.6 Å². The molecule has 108 valence electrons. The second-order valence-corrected chi connectivity index (χ2v) is 5.82. The summed E-state index contributed by atoms with van der Waals surface area (Å²) in [5, 5.41) is 5.79. The fourth-order valence-corrected chi connectivity index (χ4v) is 2.24. The van der Waals surface area contributed by atoms with Gasteiger partial charge in [-0.2, -0.15) is 0 Å². The lowest BCUT2D eigenvalue weighted by atomic mass is 10.0. The van der Waals surface area contributed by atoms with Crippen molar-refractivity contribution in [3.05, 3.63) is 35.9 Å². The number of benzene rings is 1. The lowest BCUT2D eigenvalue weighted by Gasteiger charge is -2.20. The van der Waals surface area contributed by atoms with Gasteiger partial charge in [-0.1, -0.05) is 30.3 Å². The summed E-state index contributed by atoms with van der Waals surface area (Å²) in [6, 6.07) is 9.73. The van der Waals surface area contributed by atoms with Crippen molar-refractivity contribution in [2.45, 2.75) is 45.7 Å². The highest BCUT2D eigenvalue weighted by Crippen LogP contribution is 2.46. The average Bonchev–Trinajstić information content (AvgIpc) is 3.20. The van der Waals surface area contributed by atoms with Crippen LogP contribution in [0.15, 0.2) is 30.3 Å². The van der Waals surface area contributed by atoms with E-state index in [1.54, 1.807) is 0 Å². The Balaban J connectivity index is 2.00. The van der Waals surface area contributed by atoms with E-state index in [1.165, 1.54) is 0 Å². The van der Waals surface area contributed by atoms with Gasteiger partial charge in [0.1, 0.15) is 5.41 Å². The fourth-order valence-electron chi connectivity index (χ4n) is 2.24. The number of hydrogen-bond acceptors (Lipinski definition) is 2. The molecule has 0 spiro atoms. The molecule has 1 fully saturated rings. The van der Waals surface area contributed by atoms with Crippen molar-refractivity contribution in [1.29, 1.82) is 0 Å². The molecule has 1 aromatic carbocycles. The van der Waals surface area contributed by atoms with Crippen LogP contribution in [0.2, 0.25) is 0 Å². The van der Waals surface area contributed by atoms with Crippen molar-refractivity contribution >= 4 is 11.8 Å². The van der Waals surface area contributed by atoms with Gasteiger partial charge in [0.25, 0.3) is 0 Å². The third-order valence-corrected chi connectivity index (χ3v) is 3.69. The minimum atomic E-state index is -0.840. The molecular formula is C16H22N2O2. The van der Waals surface area contributed by atoms with Crippen LogP contribution in [-0.4, -0.2) is 17.9 Å². The highest BCUT2D eigenvalue weighted by molar-refractivity contribution is 6.08. The van der Waals surface area contributed by atoms with Crippen LogP contribution in [0.3, 0.4) is 0 Å². The summed E-state index contributed by atoms with van der Waals surface area (Å²) in [6.45, 7) is 5.74. The number of nitrogens with one attached hydrogen (secondary N) is 2. The minimum Gasteiger partial charge on any atom is -0.353 e. The van der Waals surface area contributed by atoms with Gasteiger partial charge in [-0.25, -0.2) is 0 Å². The maximum absolute atomic E-state index is 12.4. The molecule has 2 amide bonds. The summed E-state index contributed by atoms with van der Waals surface area (Å²) >= 11 is 0. The molecule has 1 aliphatic carbocycles. The first-order chi connectivity index (χ1) is 9.45. The van der Waals surface area contributed by atoms with Gasteiger partial charge in [0.2, 0.25) is 11.8 Å². The van der Waals surface area contributed by atoms with Crippen LogP contribution in [0.5, 0.6) is 0 Å². The van der Waals surface area contributed by atoms with Crippen molar-refractivity contribution < 1.29 is 9.59 Å². The predicted octanol–water partition coefficient (Wildman–Crippen LogP) is 2.17. The number of hydrogen-bond donors (Lipinski definition) is 2. The molecule has 0 bridgehead atoms. The third kappa shape index (κ3) is 3.00. The third-order valence-electron chi connectivity index (χ3n) is 3.69. The predicted molar refractivity (Wildman–Crippen MR) is 77.9 cm³/mol. The molecule has 0 aliphatic heterocycles. The molecule has 4 nitrogen and oxygen atoms in total.